The number of aryl methyl sites for hydroxylation is 1. The van der Waals surface area contributed by atoms with Crippen molar-refractivity contribution in [1.82, 2.24) is 15.3 Å². The van der Waals surface area contributed by atoms with Crippen LogP contribution in [-0.2, 0) is 20.7 Å². The van der Waals surface area contributed by atoms with E-state index in [1.54, 1.807) is 11.9 Å². The normalized spacial score (nSPS) is 15.7. The number of nitrogens with zero attached hydrogens (tertiary/aromatic N) is 3. The van der Waals surface area contributed by atoms with Crippen molar-refractivity contribution in [2.45, 2.75) is 32.2 Å². The third-order valence-electron chi connectivity index (χ3n) is 5.07. The number of ether oxygens (including phenoxy) is 1. The Balaban J connectivity index is 1.36. The molecule has 4 rings (SSSR count). The number of anilines is 1. The molecule has 1 unspecified atom stereocenters. The molecule has 0 radical (unpaired) electrons. The zero-order valence-corrected chi connectivity index (χ0v) is 17.4. The third kappa shape index (κ3) is 4.74. The molecule has 2 aromatic carbocycles. The van der Waals surface area contributed by atoms with Crippen LogP contribution < -0.4 is 10.3 Å². The van der Waals surface area contributed by atoms with Crippen LogP contribution in [0.1, 0.15) is 25.6 Å². The smallest absolute Gasteiger partial charge is 0.354 e. The molecule has 0 saturated heterocycles. The Bertz CT molecular complexity index is 1060. The molecule has 2 heterocycles. The third-order valence-corrected chi connectivity index (χ3v) is 5.07. The van der Waals surface area contributed by atoms with Gasteiger partial charge in [0.15, 0.2) is 0 Å². The minimum Gasteiger partial charge on any atom is -0.461 e. The van der Waals surface area contributed by atoms with Crippen molar-refractivity contribution in [3.05, 3.63) is 60.4 Å². The van der Waals surface area contributed by atoms with Crippen molar-refractivity contribution in [1.29, 1.82) is 0 Å². The average molecular weight is 419 g/mol. The molecule has 8 nitrogen and oxygen atoms in total. The van der Waals surface area contributed by atoms with E-state index < -0.39 is 12.0 Å². The van der Waals surface area contributed by atoms with E-state index in [-0.39, 0.29) is 24.6 Å². The molecule has 0 fully saturated rings. The van der Waals surface area contributed by atoms with Crippen LogP contribution in [0.2, 0.25) is 0 Å². The number of rotatable bonds is 8. The number of esters is 1. The quantitative estimate of drug-likeness (QED) is 0.432. The molecule has 1 amide bonds. The van der Waals surface area contributed by atoms with E-state index in [2.05, 4.69) is 20.4 Å². The topological polar surface area (TPSA) is 99.7 Å². The Morgan fingerprint density at radius 2 is 1.94 bits per heavy atom. The summed E-state index contributed by atoms with van der Waals surface area (Å²) in [5.74, 6) is 0.246. The van der Waals surface area contributed by atoms with Gasteiger partial charge in [-0.3, -0.25) is 9.80 Å². The molecule has 0 bridgehead atoms. The fourth-order valence-corrected chi connectivity index (χ4v) is 3.58. The van der Waals surface area contributed by atoms with Crippen LogP contribution >= 0.6 is 0 Å². The lowest BCUT2D eigenvalue weighted by Crippen LogP contribution is -2.43. The number of fused-ring (bicyclic) bond motifs is 1. The second-order valence-corrected chi connectivity index (χ2v) is 7.26. The van der Waals surface area contributed by atoms with Crippen molar-refractivity contribution in [3.63, 3.8) is 0 Å². The molecular formula is C23H25N5O3. The van der Waals surface area contributed by atoms with Crippen LogP contribution in [0.3, 0.4) is 0 Å². The fraction of sp³-hybridized carbons (Fsp3) is 0.304. The van der Waals surface area contributed by atoms with Gasteiger partial charge in [0.2, 0.25) is 5.91 Å². The van der Waals surface area contributed by atoms with E-state index in [0.717, 1.165) is 35.4 Å². The zero-order valence-electron chi connectivity index (χ0n) is 17.4. The maximum absolute atomic E-state index is 12.9. The summed E-state index contributed by atoms with van der Waals surface area (Å²) in [7, 11) is 0. The molecule has 160 valence electrons. The molecule has 2 N–H and O–H groups in total. The molecule has 0 saturated carbocycles. The van der Waals surface area contributed by atoms with Crippen LogP contribution in [0, 0.1) is 0 Å². The SMILES string of the molecule is CCOC(=O)C1=NN(c2ccccc2)C(C(=O)NCCCc2nc3ccccc3[nH]2)C1. The summed E-state index contributed by atoms with van der Waals surface area (Å²) in [5, 5.41) is 8.95. The van der Waals surface area contributed by atoms with Gasteiger partial charge < -0.3 is 15.0 Å². The number of aromatic amines is 1. The van der Waals surface area contributed by atoms with Gasteiger partial charge in [0, 0.05) is 19.4 Å². The van der Waals surface area contributed by atoms with E-state index in [4.69, 9.17) is 4.74 Å². The number of nitrogens with one attached hydrogen (secondary N) is 2. The van der Waals surface area contributed by atoms with Gasteiger partial charge in [0.25, 0.3) is 0 Å². The first-order valence-electron chi connectivity index (χ1n) is 10.5. The predicted octanol–water partition coefficient (Wildman–Crippen LogP) is 2.81. The zero-order chi connectivity index (χ0) is 21.6. The lowest BCUT2D eigenvalue weighted by Gasteiger charge is -2.22. The van der Waals surface area contributed by atoms with Crippen molar-refractivity contribution < 1.29 is 14.3 Å². The standard InChI is InChI=1S/C23H25N5O3/c1-2-31-23(30)19-15-20(28(27-19)16-9-4-3-5-10-16)22(29)24-14-8-13-21-25-17-11-6-7-12-18(17)26-21/h3-7,9-12,20H,2,8,13-15H2,1H3,(H,24,29)(H,25,26). The summed E-state index contributed by atoms with van der Waals surface area (Å²) in [6.45, 7) is 2.51. The van der Waals surface area contributed by atoms with E-state index in [9.17, 15) is 9.59 Å². The Morgan fingerprint density at radius 1 is 1.16 bits per heavy atom. The summed E-state index contributed by atoms with van der Waals surface area (Å²) >= 11 is 0. The van der Waals surface area contributed by atoms with Gasteiger partial charge >= 0.3 is 5.97 Å². The minimum atomic E-state index is -0.590. The van der Waals surface area contributed by atoms with Gasteiger partial charge in [-0.25, -0.2) is 9.78 Å². The molecule has 0 aliphatic carbocycles. The van der Waals surface area contributed by atoms with Crippen LogP contribution in [0.4, 0.5) is 5.69 Å². The number of para-hydroxylation sites is 3. The van der Waals surface area contributed by atoms with Crippen LogP contribution in [-0.4, -0.2) is 46.7 Å². The molecule has 1 aliphatic heterocycles. The van der Waals surface area contributed by atoms with Crippen molar-refractivity contribution in [3.8, 4) is 0 Å². The number of hydrazone groups is 1. The van der Waals surface area contributed by atoms with Crippen molar-refractivity contribution in [2.24, 2.45) is 5.10 Å². The van der Waals surface area contributed by atoms with Crippen molar-refractivity contribution in [2.75, 3.05) is 18.2 Å². The Labute approximate surface area is 180 Å². The molecule has 1 aliphatic rings. The monoisotopic (exact) mass is 419 g/mol. The number of H-pyrrole nitrogens is 1. The second kappa shape index (κ2) is 9.42. The summed E-state index contributed by atoms with van der Waals surface area (Å²) < 4.78 is 5.07. The number of aromatic nitrogens is 2. The lowest BCUT2D eigenvalue weighted by molar-refractivity contribution is -0.135. The van der Waals surface area contributed by atoms with Crippen LogP contribution in [0.5, 0.6) is 0 Å². The summed E-state index contributed by atoms with van der Waals surface area (Å²) in [5.41, 5.74) is 2.96. The maximum atomic E-state index is 12.9. The molecule has 3 aromatic rings. The number of amides is 1. The van der Waals surface area contributed by atoms with Gasteiger partial charge in [0.1, 0.15) is 17.6 Å². The largest absolute Gasteiger partial charge is 0.461 e. The van der Waals surface area contributed by atoms with Gasteiger partial charge in [-0.05, 0) is 37.6 Å². The Kier molecular flexibility index (Phi) is 6.26. The highest BCUT2D eigenvalue weighted by Crippen LogP contribution is 2.25. The van der Waals surface area contributed by atoms with Crippen LogP contribution in [0.15, 0.2) is 59.7 Å². The van der Waals surface area contributed by atoms with Crippen molar-refractivity contribution >= 4 is 34.3 Å². The lowest BCUT2D eigenvalue weighted by atomic mass is 10.1. The Morgan fingerprint density at radius 3 is 2.71 bits per heavy atom. The highest BCUT2D eigenvalue weighted by molar-refractivity contribution is 6.38. The number of carbonyl (C=O) groups excluding carboxylic acids is 2. The van der Waals surface area contributed by atoms with E-state index in [0.29, 0.717) is 6.54 Å². The second-order valence-electron chi connectivity index (χ2n) is 7.26. The first kappa shape index (κ1) is 20.6. The molecule has 8 heteroatoms. The first-order valence-corrected chi connectivity index (χ1v) is 10.5. The van der Waals surface area contributed by atoms with Crippen LogP contribution in [0.25, 0.3) is 11.0 Å². The number of imidazole rings is 1. The summed E-state index contributed by atoms with van der Waals surface area (Å²) in [6.07, 6.45) is 1.69. The summed E-state index contributed by atoms with van der Waals surface area (Å²) in [4.78, 5) is 32.9. The number of carbonyl (C=O) groups is 2. The molecule has 1 atom stereocenters. The highest BCUT2D eigenvalue weighted by atomic mass is 16.5. The van der Waals surface area contributed by atoms with Gasteiger partial charge in [0.05, 0.1) is 23.3 Å². The first-order chi connectivity index (χ1) is 15.2. The number of hydrogen-bond acceptors (Lipinski definition) is 6. The van der Waals surface area contributed by atoms with Gasteiger partial charge in [-0.15, -0.1) is 0 Å². The van der Waals surface area contributed by atoms with E-state index >= 15 is 0 Å². The summed E-state index contributed by atoms with van der Waals surface area (Å²) in [6, 6.07) is 16.7. The minimum absolute atomic E-state index is 0.170. The molecule has 31 heavy (non-hydrogen) atoms. The van der Waals surface area contributed by atoms with Gasteiger partial charge in [-0.1, -0.05) is 30.3 Å². The molecular weight excluding hydrogens is 394 g/mol. The van der Waals surface area contributed by atoms with E-state index in [1.807, 2.05) is 54.6 Å². The predicted molar refractivity (Wildman–Crippen MR) is 119 cm³/mol. The average Bonchev–Trinajstić information content (AvgIpc) is 3.42. The Hall–Kier alpha value is -3.68. The molecule has 0 spiro atoms. The fourth-order valence-electron chi connectivity index (χ4n) is 3.58. The van der Waals surface area contributed by atoms with E-state index in [1.165, 1.54) is 0 Å². The number of hydrogen-bond donors (Lipinski definition) is 2. The van der Waals surface area contributed by atoms with Gasteiger partial charge in [-0.2, -0.15) is 5.10 Å². The highest BCUT2D eigenvalue weighted by Gasteiger charge is 2.36. The number of benzene rings is 2. The molecule has 1 aromatic heterocycles. The maximum Gasteiger partial charge on any atom is 0.354 e.